The molecule has 2 rings (SSSR count). The van der Waals surface area contributed by atoms with Gasteiger partial charge in [0.05, 0.1) is 27.2 Å². The number of ether oxygens (including phenoxy) is 1. The first-order valence-electron chi connectivity index (χ1n) is 8.08. The molecule has 0 aliphatic carbocycles. The number of hydrogen-bond acceptors (Lipinski definition) is 4. The maximum atomic E-state index is 13.3. The number of carbonyl (C=O) groups is 1. The highest BCUT2D eigenvalue weighted by Gasteiger charge is 2.34. The molecule has 0 heterocycles. The van der Waals surface area contributed by atoms with Gasteiger partial charge < -0.3 is 10.1 Å². The number of hydrogen-bond donors (Lipinski definition) is 1. The number of amides is 1. The van der Waals surface area contributed by atoms with Crippen molar-refractivity contribution in [2.75, 3.05) is 0 Å². The number of carbonyl (C=O) groups excluding carboxylic acids is 1. The lowest BCUT2D eigenvalue weighted by Crippen LogP contribution is -2.25. The highest BCUT2D eigenvalue weighted by molar-refractivity contribution is 6.34. The molecule has 6 nitrogen and oxygen atoms in total. The van der Waals surface area contributed by atoms with Crippen molar-refractivity contribution < 1.29 is 27.6 Å². The van der Waals surface area contributed by atoms with E-state index in [1.807, 2.05) is 0 Å². The number of nitrogens with one attached hydrogen (secondary N) is 1. The molecule has 1 N–H and O–H groups in total. The van der Waals surface area contributed by atoms with Crippen molar-refractivity contribution in [2.24, 2.45) is 0 Å². The zero-order valence-corrected chi connectivity index (χ0v) is 15.6. The van der Waals surface area contributed by atoms with Crippen LogP contribution in [-0.2, 0) is 12.7 Å². The second-order valence-electron chi connectivity index (χ2n) is 6.09. The Labute approximate surface area is 163 Å². The average Bonchev–Trinajstić information content (AvgIpc) is 2.58. The summed E-state index contributed by atoms with van der Waals surface area (Å²) in [6.07, 6.45) is -4.93. The van der Waals surface area contributed by atoms with E-state index in [-0.39, 0.29) is 33.7 Å². The van der Waals surface area contributed by atoms with Gasteiger partial charge in [0.1, 0.15) is 5.75 Å². The van der Waals surface area contributed by atoms with Crippen molar-refractivity contribution in [3.8, 4) is 5.75 Å². The number of nitro benzene ring substituents is 1. The van der Waals surface area contributed by atoms with Crippen LogP contribution < -0.4 is 10.1 Å². The van der Waals surface area contributed by atoms with Crippen molar-refractivity contribution in [3.05, 3.63) is 68.2 Å². The zero-order chi connectivity index (χ0) is 21.1. The lowest BCUT2D eigenvalue weighted by atomic mass is 10.1. The Morgan fingerprint density at radius 1 is 1.25 bits per heavy atom. The van der Waals surface area contributed by atoms with Crippen molar-refractivity contribution in [2.45, 2.75) is 32.7 Å². The van der Waals surface area contributed by atoms with Crippen LogP contribution >= 0.6 is 11.6 Å². The number of benzene rings is 2. The molecule has 1 amide bonds. The first-order chi connectivity index (χ1) is 13.0. The van der Waals surface area contributed by atoms with Crippen LogP contribution in [0.4, 0.5) is 18.9 Å². The summed E-state index contributed by atoms with van der Waals surface area (Å²) in [6.45, 7) is 2.97. The topological polar surface area (TPSA) is 81.5 Å². The monoisotopic (exact) mass is 416 g/mol. The number of halogens is 4. The van der Waals surface area contributed by atoms with Gasteiger partial charge in [-0.25, -0.2) is 0 Å². The molecule has 0 aromatic heterocycles. The predicted octanol–water partition coefficient (Wildman–Crippen LogP) is 4.98. The van der Waals surface area contributed by atoms with Gasteiger partial charge in [-0.1, -0.05) is 17.7 Å². The van der Waals surface area contributed by atoms with Gasteiger partial charge >= 0.3 is 6.18 Å². The minimum atomic E-state index is -4.64. The van der Waals surface area contributed by atoms with E-state index < -0.39 is 29.1 Å². The molecular formula is C18H16ClF3N2O4. The van der Waals surface area contributed by atoms with E-state index in [2.05, 4.69) is 5.32 Å². The molecular weight excluding hydrogens is 401 g/mol. The fourth-order valence-corrected chi connectivity index (χ4v) is 2.65. The summed E-state index contributed by atoms with van der Waals surface area (Å²) < 4.78 is 45.3. The van der Waals surface area contributed by atoms with Gasteiger partial charge in [-0.15, -0.1) is 0 Å². The predicted molar refractivity (Wildman–Crippen MR) is 96.5 cm³/mol. The molecule has 0 aliphatic rings. The highest BCUT2D eigenvalue weighted by atomic mass is 35.5. The molecule has 0 atom stereocenters. The van der Waals surface area contributed by atoms with Crippen LogP contribution in [0.2, 0.25) is 5.02 Å². The van der Waals surface area contributed by atoms with Crippen LogP contribution in [0.3, 0.4) is 0 Å². The van der Waals surface area contributed by atoms with Crippen molar-refractivity contribution in [1.29, 1.82) is 0 Å². The van der Waals surface area contributed by atoms with Gasteiger partial charge in [0.25, 0.3) is 11.6 Å². The molecule has 0 radical (unpaired) electrons. The Hall–Kier alpha value is -2.81. The summed E-state index contributed by atoms with van der Waals surface area (Å²) >= 11 is 5.86. The normalized spacial score (nSPS) is 11.4. The Morgan fingerprint density at radius 2 is 1.93 bits per heavy atom. The molecule has 0 saturated carbocycles. The van der Waals surface area contributed by atoms with E-state index in [1.54, 1.807) is 13.8 Å². The summed E-state index contributed by atoms with van der Waals surface area (Å²) in [7, 11) is 0. The molecule has 150 valence electrons. The average molecular weight is 417 g/mol. The minimum absolute atomic E-state index is 0.0656. The quantitative estimate of drug-likeness (QED) is 0.531. The number of nitro groups is 1. The summed E-state index contributed by atoms with van der Waals surface area (Å²) in [5, 5.41) is 12.9. The van der Waals surface area contributed by atoms with Crippen molar-refractivity contribution in [1.82, 2.24) is 5.32 Å². The molecule has 2 aromatic carbocycles. The van der Waals surface area contributed by atoms with E-state index in [0.29, 0.717) is 0 Å². The van der Waals surface area contributed by atoms with Gasteiger partial charge in [0.2, 0.25) is 0 Å². The SMILES string of the molecule is CC(C)Oc1ccc(CNC(=O)c2ccc([N+](=O)[O-])cc2Cl)c(C(F)(F)F)c1. The lowest BCUT2D eigenvalue weighted by Gasteiger charge is -2.17. The lowest BCUT2D eigenvalue weighted by molar-refractivity contribution is -0.384. The van der Waals surface area contributed by atoms with Crippen LogP contribution in [0, 0.1) is 10.1 Å². The van der Waals surface area contributed by atoms with Gasteiger partial charge in [-0.2, -0.15) is 13.2 Å². The molecule has 10 heteroatoms. The zero-order valence-electron chi connectivity index (χ0n) is 14.8. The first kappa shape index (κ1) is 21.5. The third kappa shape index (κ3) is 5.35. The molecule has 0 unspecified atom stereocenters. The molecule has 2 aromatic rings. The molecule has 0 fully saturated rings. The third-order valence-electron chi connectivity index (χ3n) is 3.61. The largest absolute Gasteiger partial charge is 0.491 e. The summed E-state index contributed by atoms with van der Waals surface area (Å²) in [6, 6.07) is 6.70. The van der Waals surface area contributed by atoms with E-state index in [0.717, 1.165) is 24.3 Å². The van der Waals surface area contributed by atoms with E-state index >= 15 is 0 Å². The van der Waals surface area contributed by atoms with Gasteiger partial charge in [0.15, 0.2) is 0 Å². The fourth-order valence-electron chi connectivity index (χ4n) is 2.39. The summed E-state index contributed by atoms with van der Waals surface area (Å²) in [5.74, 6) is -0.689. The molecule has 0 spiro atoms. The first-order valence-corrected chi connectivity index (χ1v) is 8.45. The summed E-state index contributed by atoms with van der Waals surface area (Å²) in [5.41, 5.74) is -1.47. The second kappa shape index (κ2) is 8.47. The Bertz CT molecular complexity index is 901. The number of non-ortho nitro benzene ring substituents is 1. The van der Waals surface area contributed by atoms with E-state index in [4.69, 9.17) is 16.3 Å². The molecule has 0 aliphatic heterocycles. The van der Waals surface area contributed by atoms with Crippen LogP contribution in [0.1, 0.15) is 35.3 Å². The van der Waals surface area contributed by atoms with Crippen LogP contribution in [0.25, 0.3) is 0 Å². The minimum Gasteiger partial charge on any atom is -0.491 e. The van der Waals surface area contributed by atoms with Crippen LogP contribution in [0.5, 0.6) is 5.75 Å². The number of nitrogens with zero attached hydrogens (tertiary/aromatic N) is 1. The number of rotatable bonds is 6. The molecule has 0 saturated heterocycles. The fraction of sp³-hybridized carbons (Fsp3) is 0.278. The maximum absolute atomic E-state index is 13.3. The number of alkyl halides is 3. The molecule has 0 bridgehead atoms. The highest BCUT2D eigenvalue weighted by Crippen LogP contribution is 2.35. The Morgan fingerprint density at radius 3 is 2.46 bits per heavy atom. The maximum Gasteiger partial charge on any atom is 0.416 e. The Kier molecular flexibility index (Phi) is 6.50. The standard InChI is InChI=1S/C18H16ClF3N2O4/c1-10(2)28-13-5-3-11(15(8-13)18(20,21)22)9-23-17(25)14-6-4-12(24(26)27)7-16(14)19/h3-8,10H,9H2,1-2H3,(H,23,25). The second-order valence-corrected chi connectivity index (χ2v) is 6.49. The summed E-state index contributed by atoms with van der Waals surface area (Å²) in [4.78, 5) is 22.2. The van der Waals surface area contributed by atoms with Crippen LogP contribution in [-0.4, -0.2) is 16.9 Å². The molecule has 28 heavy (non-hydrogen) atoms. The van der Waals surface area contributed by atoms with Crippen molar-refractivity contribution >= 4 is 23.2 Å². The van der Waals surface area contributed by atoms with Crippen molar-refractivity contribution in [3.63, 3.8) is 0 Å². The Balaban J connectivity index is 2.21. The van der Waals surface area contributed by atoms with Gasteiger partial charge in [0, 0.05) is 18.7 Å². The van der Waals surface area contributed by atoms with E-state index in [1.165, 1.54) is 12.1 Å². The van der Waals surface area contributed by atoms with Crippen LogP contribution in [0.15, 0.2) is 36.4 Å². The van der Waals surface area contributed by atoms with Gasteiger partial charge in [-0.05, 0) is 37.6 Å². The van der Waals surface area contributed by atoms with E-state index in [9.17, 15) is 28.1 Å². The smallest absolute Gasteiger partial charge is 0.416 e. The third-order valence-corrected chi connectivity index (χ3v) is 3.92. The van der Waals surface area contributed by atoms with Gasteiger partial charge in [-0.3, -0.25) is 14.9 Å².